The maximum absolute atomic E-state index is 14.6. The van der Waals surface area contributed by atoms with Crippen LogP contribution < -0.4 is 10.5 Å². The highest BCUT2D eigenvalue weighted by atomic mass is 19.1. The minimum absolute atomic E-state index is 0.0578. The highest BCUT2D eigenvalue weighted by Gasteiger charge is 2.29. The van der Waals surface area contributed by atoms with Gasteiger partial charge in [0.25, 0.3) is 5.91 Å². The summed E-state index contributed by atoms with van der Waals surface area (Å²) >= 11 is 0. The number of aryl methyl sites for hydroxylation is 1. The Morgan fingerprint density at radius 2 is 1.83 bits per heavy atom. The molecule has 2 aromatic carbocycles. The van der Waals surface area contributed by atoms with E-state index in [4.69, 9.17) is 10.5 Å². The summed E-state index contributed by atoms with van der Waals surface area (Å²) in [4.78, 5) is 25.7. The molecule has 6 heteroatoms. The van der Waals surface area contributed by atoms with Gasteiger partial charge in [-0.25, -0.2) is 4.39 Å². The van der Waals surface area contributed by atoms with Crippen molar-refractivity contribution >= 4 is 22.7 Å². The molecule has 1 atom stereocenters. The Morgan fingerprint density at radius 1 is 1.17 bits per heavy atom. The van der Waals surface area contributed by atoms with Gasteiger partial charge in [0, 0.05) is 22.7 Å². The first-order chi connectivity index (χ1) is 14.3. The average molecular weight is 410 g/mol. The van der Waals surface area contributed by atoms with E-state index < -0.39 is 17.6 Å². The molecule has 1 unspecified atom stereocenters. The van der Waals surface area contributed by atoms with E-state index in [1.807, 2.05) is 26.0 Å². The lowest BCUT2D eigenvalue weighted by Crippen LogP contribution is -2.22. The van der Waals surface area contributed by atoms with Gasteiger partial charge in [0.15, 0.2) is 11.6 Å². The zero-order valence-electron chi connectivity index (χ0n) is 17.8. The number of hydrogen-bond donors (Lipinski definition) is 1. The lowest BCUT2D eigenvalue weighted by Gasteiger charge is -2.15. The Labute approximate surface area is 175 Å². The summed E-state index contributed by atoms with van der Waals surface area (Å²) in [5.74, 6) is -1.84. The zero-order valence-corrected chi connectivity index (χ0v) is 17.8. The predicted molar refractivity (Wildman–Crippen MR) is 116 cm³/mol. The molecule has 3 aromatic rings. The number of rotatable bonds is 7. The van der Waals surface area contributed by atoms with Crippen LogP contribution in [0.1, 0.15) is 59.3 Å². The van der Waals surface area contributed by atoms with Crippen molar-refractivity contribution < 1.29 is 18.7 Å². The molecule has 0 saturated heterocycles. The Morgan fingerprint density at radius 3 is 2.40 bits per heavy atom. The van der Waals surface area contributed by atoms with E-state index in [-0.39, 0.29) is 11.7 Å². The summed E-state index contributed by atoms with van der Waals surface area (Å²) in [5.41, 5.74) is 8.90. The second-order valence-electron chi connectivity index (χ2n) is 7.61. The quantitative estimate of drug-likeness (QED) is 0.605. The summed E-state index contributed by atoms with van der Waals surface area (Å²) in [7, 11) is 1.38. The highest BCUT2D eigenvalue weighted by molar-refractivity contribution is 6.05. The SMILES string of the molecule is CCCCC(C(N)=O)c1c(C)n(C(=O)c2ccc(C)cc2)c2cc(F)c(OC)cc12. The number of nitrogens with two attached hydrogens (primary N) is 1. The van der Waals surface area contributed by atoms with Gasteiger partial charge in [-0.3, -0.25) is 14.2 Å². The smallest absolute Gasteiger partial charge is 0.262 e. The van der Waals surface area contributed by atoms with E-state index in [0.717, 1.165) is 18.4 Å². The van der Waals surface area contributed by atoms with Crippen LogP contribution >= 0.6 is 0 Å². The van der Waals surface area contributed by atoms with E-state index >= 15 is 0 Å². The van der Waals surface area contributed by atoms with Crippen LogP contribution in [0.4, 0.5) is 4.39 Å². The number of nitrogens with zero attached hydrogens (tertiary/aromatic N) is 1. The van der Waals surface area contributed by atoms with Crippen LogP contribution in [-0.2, 0) is 4.79 Å². The third-order valence-corrected chi connectivity index (χ3v) is 5.57. The molecule has 1 heterocycles. The molecule has 3 rings (SSSR count). The van der Waals surface area contributed by atoms with Crippen molar-refractivity contribution in [2.75, 3.05) is 7.11 Å². The number of amides is 1. The summed E-state index contributed by atoms with van der Waals surface area (Å²) in [6.45, 7) is 5.75. The van der Waals surface area contributed by atoms with Crippen molar-refractivity contribution in [2.24, 2.45) is 5.73 Å². The van der Waals surface area contributed by atoms with Crippen LogP contribution in [-0.4, -0.2) is 23.5 Å². The molecule has 1 aromatic heterocycles. The van der Waals surface area contributed by atoms with E-state index in [9.17, 15) is 14.0 Å². The minimum atomic E-state index is -0.574. The van der Waals surface area contributed by atoms with Crippen LogP contribution in [0.2, 0.25) is 0 Å². The van der Waals surface area contributed by atoms with E-state index in [0.29, 0.717) is 34.1 Å². The minimum Gasteiger partial charge on any atom is -0.494 e. The third kappa shape index (κ3) is 3.82. The third-order valence-electron chi connectivity index (χ3n) is 5.57. The second kappa shape index (κ2) is 8.69. The van der Waals surface area contributed by atoms with Gasteiger partial charge in [-0.2, -0.15) is 0 Å². The van der Waals surface area contributed by atoms with Crippen LogP contribution in [0.15, 0.2) is 36.4 Å². The van der Waals surface area contributed by atoms with Gasteiger partial charge in [-0.15, -0.1) is 0 Å². The topological polar surface area (TPSA) is 74.3 Å². The molecule has 2 N–H and O–H groups in total. The molecule has 0 aliphatic heterocycles. The lowest BCUT2D eigenvalue weighted by molar-refractivity contribution is -0.119. The van der Waals surface area contributed by atoms with Gasteiger partial charge in [0.2, 0.25) is 5.91 Å². The van der Waals surface area contributed by atoms with Gasteiger partial charge in [0.05, 0.1) is 18.5 Å². The van der Waals surface area contributed by atoms with E-state index in [2.05, 4.69) is 0 Å². The molecular weight excluding hydrogens is 383 g/mol. The molecule has 158 valence electrons. The van der Waals surface area contributed by atoms with Crippen molar-refractivity contribution in [3.8, 4) is 5.75 Å². The number of hydrogen-bond acceptors (Lipinski definition) is 3. The first kappa shape index (κ1) is 21.6. The zero-order chi connectivity index (χ0) is 22.0. The van der Waals surface area contributed by atoms with Crippen LogP contribution in [0.25, 0.3) is 10.9 Å². The van der Waals surface area contributed by atoms with Crippen molar-refractivity contribution in [3.05, 3.63) is 64.6 Å². The standard InChI is InChI=1S/C24H27FN2O3/c1-5-6-7-17(23(26)28)22-15(3)27(24(29)16-10-8-14(2)9-11-16)20-13-19(25)21(30-4)12-18(20)22/h8-13,17H,5-7H2,1-4H3,(H2,26,28). The maximum atomic E-state index is 14.6. The van der Waals surface area contributed by atoms with Crippen molar-refractivity contribution in [1.29, 1.82) is 0 Å². The van der Waals surface area contributed by atoms with Crippen molar-refractivity contribution in [1.82, 2.24) is 4.57 Å². The van der Waals surface area contributed by atoms with E-state index in [1.54, 1.807) is 25.1 Å². The lowest BCUT2D eigenvalue weighted by atomic mass is 9.90. The van der Waals surface area contributed by atoms with Gasteiger partial charge >= 0.3 is 0 Å². The number of ether oxygens (including phenoxy) is 1. The maximum Gasteiger partial charge on any atom is 0.262 e. The summed E-state index contributed by atoms with van der Waals surface area (Å²) in [6, 6.07) is 10.0. The monoisotopic (exact) mass is 410 g/mol. The molecule has 0 fully saturated rings. The number of primary amides is 1. The summed E-state index contributed by atoms with van der Waals surface area (Å²) in [6.07, 6.45) is 2.27. The Balaban J connectivity index is 2.30. The largest absolute Gasteiger partial charge is 0.494 e. The molecule has 0 aliphatic carbocycles. The number of carbonyl (C=O) groups is 2. The molecule has 30 heavy (non-hydrogen) atoms. The number of aromatic nitrogens is 1. The Kier molecular flexibility index (Phi) is 6.25. The highest BCUT2D eigenvalue weighted by Crippen LogP contribution is 2.38. The molecule has 0 aliphatic rings. The van der Waals surface area contributed by atoms with Gasteiger partial charge in [-0.1, -0.05) is 37.5 Å². The summed E-state index contributed by atoms with van der Waals surface area (Å²) in [5, 5.41) is 0.603. The molecule has 0 spiro atoms. The van der Waals surface area contributed by atoms with Gasteiger partial charge < -0.3 is 10.5 Å². The van der Waals surface area contributed by atoms with Crippen LogP contribution in [0, 0.1) is 19.7 Å². The molecule has 0 radical (unpaired) electrons. The van der Waals surface area contributed by atoms with Crippen molar-refractivity contribution in [2.45, 2.75) is 46.0 Å². The normalized spacial score (nSPS) is 12.2. The molecule has 1 amide bonds. The number of benzene rings is 2. The molecule has 0 saturated carbocycles. The molecule has 0 bridgehead atoms. The number of halogens is 1. The van der Waals surface area contributed by atoms with Crippen molar-refractivity contribution in [3.63, 3.8) is 0 Å². The predicted octanol–water partition coefficient (Wildman–Crippen LogP) is 4.85. The molecule has 5 nitrogen and oxygen atoms in total. The first-order valence-corrected chi connectivity index (χ1v) is 10.1. The van der Waals surface area contributed by atoms with Gasteiger partial charge in [0.1, 0.15) is 0 Å². The number of methoxy groups -OCH3 is 1. The second-order valence-corrected chi connectivity index (χ2v) is 7.61. The summed E-state index contributed by atoms with van der Waals surface area (Å²) < 4.78 is 21.2. The average Bonchev–Trinajstić information content (AvgIpc) is 2.98. The Hall–Kier alpha value is -3.15. The fourth-order valence-electron chi connectivity index (χ4n) is 3.96. The first-order valence-electron chi connectivity index (χ1n) is 10.1. The Bertz CT molecular complexity index is 1100. The fourth-order valence-corrected chi connectivity index (χ4v) is 3.96. The number of carbonyl (C=O) groups excluding carboxylic acids is 2. The fraction of sp³-hybridized carbons (Fsp3) is 0.333. The number of unbranched alkanes of at least 4 members (excludes halogenated alkanes) is 1. The number of fused-ring (bicyclic) bond motifs is 1. The van der Waals surface area contributed by atoms with Gasteiger partial charge in [-0.05, 0) is 44.0 Å². The van der Waals surface area contributed by atoms with Crippen LogP contribution in [0.3, 0.4) is 0 Å². The molecular formula is C24H27FN2O3. The van der Waals surface area contributed by atoms with Crippen LogP contribution in [0.5, 0.6) is 5.75 Å². The van der Waals surface area contributed by atoms with E-state index in [1.165, 1.54) is 17.7 Å².